The second-order valence-electron chi connectivity index (χ2n) is 8.70. The Labute approximate surface area is 191 Å². The van der Waals surface area contributed by atoms with Crippen molar-refractivity contribution in [2.75, 3.05) is 43.4 Å². The summed E-state index contributed by atoms with van der Waals surface area (Å²) in [6.07, 6.45) is 7.43. The number of hydrogen-bond acceptors (Lipinski definition) is 9. The summed E-state index contributed by atoms with van der Waals surface area (Å²) >= 11 is 0. The molecule has 0 aliphatic carbocycles. The number of furan rings is 1. The van der Waals surface area contributed by atoms with E-state index < -0.39 is 0 Å². The zero-order valence-corrected chi connectivity index (χ0v) is 18.2. The number of nitrogen functional groups attached to an aromatic ring is 1. The molecule has 170 valence electrons. The summed E-state index contributed by atoms with van der Waals surface area (Å²) < 4.78 is 12.9. The molecule has 4 aromatic rings. The lowest BCUT2D eigenvalue weighted by molar-refractivity contribution is 0.0727. The minimum Gasteiger partial charge on any atom is -0.492 e. The van der Waals surface area contributed by atoms with Gasteiger partial charge < -0.3 is 19.8 Å². The molecule has 0 spiro atoms. The van der Waals surface area contributed by atoms with Gasteiger partial charge in [-0.25, -0.2) is 0 Å². The van der Waals surface area contributed by atoms with Crippen LogP contribution in [0.25, 0.3) is 17.4 Å². The van der Waals surface area contributed by atoms with Crippen molar-refractivity contribution in [2.24, 2.45) is 5.92 Å². The number of pyridine rings is 1. The smallest absolute Gasteiger partial charge is 0.256 e. The number of hydrogen-bond donors (Lipinski definition) is 1. The first-order valence-electron chi connectivity index (χ1n) is 11.3. The minimum absolute atomic E-state index is 0.480. The molecule has 2 unspecified atom stereocenters. The number of nitrogens with two attached hydrogens (primary N) is 1. The number of aromatic nitrogens is 5. The van der Waals surface area contributed by atoms with E-state index in [1.807, 2.05) is 30.3 Å². The molecule has 10 heteroatoms. The van der Waals surface area contributed by atoms with Crippen molar-refractivity contribution < 1.29 is 9.15 Å². The Balaban J connectivity index is 1.12. The first-order chi connectivity index (χ1) is 16.2. The summed E-state index contributed by atoms with van der Waals surface area (Å²) in [5, 5.41) is 4.44. The van der Waals surface area contributed by atoms with Gasteiger partial charge in [0.2, 0.25) is 5.82 Å². The Kier molecular flexibility index (Phi) is 5.06. The van der Waals surface area contributed by atoms with Gasteiger partial charge in [-0.15, -0.1) is 5.10 Å². The summed E-state index contributed by atoms with van der Waals surface area (Å²) in [5.74, 6) is 4.29. The highest BCUT2D eigenvalue weighted by molar-refractivity contribution is 5.57. The van der Waals surface area contributed by atoms with Gasteiger partial charge in [-0.1, -0.05) is 0 Å². The van der Waals surface area contributed by atoms with Crippen LogP contribution in [0.3, 0.4) is 0 Å². The quantitative estimate of drug-likeness (QED) is 0.494. The van der Waals surface area contributed by atoms with E-state index in [0.717, 1.165) is 57.2 Å². The second kappa shape index (κ2) is 8.36. The van der Waals surface area contributed by atoms with E-state index in [4.69, 9.17) is 19.9 Å². The van der Waals surface area contributed by atoms with Crippen LogP contribution >= 0.6 is 0 Å². The Bertz CT molecular complexity index is 1230. The van der Waals surface area contributed by atoms with Crippen LogP contribution in [0.4, 0.5) is 11.6 Å². The van der Waals surface area contributed by atoms with Crippen LogP contribution in [0, 0.1) is 5.92 Å². The monoisotopic (exact) mass is 446 g/mol. The summed E-state index contributed by atoms with van der Waals surface area (Å²) in [4.78, 5) is 18.3. The van der Waals surface area contributed by atoms with Crippen molar-refractivity contribution in [3.63, 3.8) is 0 Å². The number of piperazine rings is 1. The predicted molar refractivity (Wildman–Crippen MR) is 123 cm³/mol. The fourth-order valence-corrected chi connectivity index (χ4v) is 4.80. The topological polar surface area (TPSA) is 111 Å². The molecule has 33 heavy (non-hydrogen) atoms. The first-order valence-corrected chi connectivity index (χ1v) is 11.3. The number of nitrogens with zero attached hydrogens (tertiary/aromatic N) is 7. The highest BCUT2D eigenvalue weighted by Crippen LogP contribution is 2.29. The molecular formula is C23H26N8O2. The number of anilines is 2. The number of piperidine rings is 1. The van der Waals surface area contributed by atoms with Crippen molar-refractivity contribution in [3.8, 4) is 17.3 Å². The summed E-state index contributed by atoms with van der Waals surface area (Å²) in [6, 6.07) is 9.88. The SMILES string of the molecule is Nc1cc(N2CCN3CC(COc4cccnc4)CCC3C2)nc2nc(-c3ccco3)nn12. The van der Waals surface area contributed by atoms with Crippen LogP contribution in [0.5, 0.6) is 5.75 Å². The van der Waals surface area contributed by atoms with Crippen LogP contribution < -0.4 is 15.4 Å². The molecule has 6 rings (SSSR count). The Morgan fingerprint density at radius 1 is 1.12 bits per heavy atom. The van der Waals surface area contributed by atoms with Gasteiger partial charge in [-0.05, 0) is 37.1 Å². The van der Waals surface area contributed by atoms with E-state index in [0.29, 0.717) is 35.1 Å². The second-order valence-corrected chi connectivity index (χ2v) is 8.70. The molecular weight excluding hydrogens is 420 g/mol. The predicted octanol–water partition coefficient (Wildman–Crippen LogP) is 2.34. The first kappa shape index (κ1) is 20.0. The maximum atomic E-state index is 6.30. The van der Waals surface area contributed by atoms with Gasteiger partial charge in [0, 0.05) is 50.4 Å². The van der Waals surface area contributed by atoms with Gasteiger partial charge in [0.1, 0.15) is 17.4 Å². The van der Waals surface area contributed by atoms with E-state index in [9.17, 15) is 0 Å². The Hall–Kier alpha value is -3.66. The van der Waals surface area contributed by atoms with Crippen LogP contribution in [0.2, 0.25) is 0 Å². The standard InChI is InChI=1S/C23H26N8O2/c24-20-11-21(26-23-27-22(28-31(20)23)19-4-2-10-32-19)30-9-8-29-13-16(5-6-17(29)14-30)15-33-18-3-1-7-25-12-18/h1-4,7,10-12,16-17H,5-6,8-9,13-15,24H2. The van der Waals surface area contributed by atoms with Gasteiger partial charge >= 0.3 is 0 Å². The molecule has 0 aromatic carbocycles. The maximum Gasteiger partial charge on any atom is 0.256 e. The molecule has 2 N–H and O–H groups in total. The average Bonchev–Trinajstić information content (AvgIpc) is 3.53. The van der Waals surface area contributed by atoms with Gasteiger partial charge in [-0.2, -0.15) is 14.5 Å². The molecule has 2 aliphatic heterocycles. The molecule has 2 atom stereocenters. The van der Waals surface area contributed by atoms with Crippen molar-refractivity contribution in [3.05, 3.63) is 49.0 Å². The van der Waals surface area contributed by atoms with Crippen LogP contribution in [0.1, 0.15) is 12.8 Å². The van der Waals surface area contributed by atoms with E-state index in [1.54, 1.807) is 23.2 Å². The highest BCUT2D eigenvalue weighted by atomic mass is 16.5. The summed E-state index contributed by atoms with van der Waals surface area (Å²) in [7, 11) is 0. The van der Waals surface area contributed by atoms with Crippen molar-refractivity contribution in [1.29, 1.82) is 0 Å². The molecule has 2 saturated heterocycles. The third-order valence-electron chi connectivity index (χ3n) is 6.52. The van der Waals surface area contributed by atoms with Gasteiger partial charge in [0.15, 0.2) is 5.76 Å². The van der Waals surface area contributed by atoms with Gasteiger partial charge in [0.25, 0.3) is 5.78 Å². The molecule has 0 bridgehead atoms. The molecule has 0 amide bonds. The maximum absolute atomic E-state index is 6.30. The summed E-state index contributed by atoms with van der Waals surface area (Å²) in [5.41, 5.74) is 6.30. The number of ether oxygens (including phenoxy) is 1. The van der Waals surface area contributed by atoms with Crippen LogP contribution in [-0.4, -0.2) is 68.3 Å². The third-order valence-corrected chi connectivity index (χ3v) is 6.52. The van der Waals surface area contributed by atoms with Crippen molar-refractivity contribution in [2.45, 2.75) is 18.9 Å². The van der Waals surface area contributed by atoms with E-state index in [-0.39, 0.29) is 0 Å². The van der Waals surface area contributed by atoms with Gasteiger partial charge in [-0.3, -0.25) is 9.88 Å². The zero-order valence-electron chi connectivity index (χ0n) is 18.2. The lowest BCUT2D eigenvalue weighted by atomic mass is 9.91. The average molecular weight is 447 g/mol. The number of rotatable bonds is 5. The molecule has 2 fully saturated rings. The van der Waals surface area contributed by atoms with E-state index in [2.05, 4.69) is 24.9 Å². The van der Waals surface area contributed by atoms with Crippen molar-refractivity contribution >= 4 is 17.4 Å². The third kappa shape index (κ3) is 3.97. The lowest BCUT2D eigenvalue weighted by Crippen LogP contribution is -2.57. The Morgan fingerprint density at radius 3 is 2.94 bits per heavy atom. The van der Waals surface area contributed by atoms with Crippen LogP contribution in [0.15, 0.2) is 53.4 Å². The minimum atomic E-state index is 0.480. The van der Waals surface area contributed by atoms with E-state index in [1.165, 1.54) is 0 Å². The normalized spacial score (nSPS) is 21.3. The lowest BCUT2D eigenvalue weighted by Gasteiger charge is -2.46. The zero-order chi connectivity index (χ0) is 22.2. The highest BCUT2D eigenvalue weighted by Gasteiger charge is 2.34. The van der Waals surface area contributed by atoms with Gasteiger partial charge in [0.05, 0.1) is 19.1 Å². The number of fused-ring (bicyclic) bond motifs is 2. The molecule has 2 aliphatic rings. The largest absolute Gasteiger partial charge is 0.492 e. The summed E-state index contributed by atoms with van der Waals surface area (Å²) in [6.45, 7) is 4.61. The fraction of sp³-hybridized carbons (Fsp3) is 0.391. The molecule has 4 aromatic heterocycles. The molecule has 0 radical (unpaired) electrons. The molecule has 0 saturated carbocycles. The van der Waals surface area contributed by atoms with Crippen molar-refractivity contribution in [1.82, 2.24) is 29.5 Å². The fourth-order valence-electron chi connectivity index (χ4n) is 4.80. The Morgan fingerprint density at radius 2 is 2.09 bits per heavy atom. The van der Waals surface area contributed by atoms with Crippen LogP contribution in [-0.2, 0) is 0 Å². The molecule has 10 nitrogen and oxygen atoms in total. The van der Waals surface area contributed by atoms with E-state index >= 15 is 0 Å². The molecule has 6 heterocycles.